The molecule has 0 radical (unpaired) electrons. The second-order valence-electron chi connectivity index (χ2n) is 11.5. The lowest BCUT2D eigenvalue weighted by molar-refractivity contribution is -0.122. The van der Waals surface area contributed by atoms with Gasteiger partial charge in [-0.2, -0.15) is 10.2 Å². The molecule has 0 aliphatic carbocycles. The van der Waals surface area contributed by atoms with E-state index in [-0.39, 0.29) is 11.8 Å². The van der Waals surface area contributed by atoms with Crippen LogP contribution in [0.4, 0.5) is 0 Å². The Morgan fingerprint density at radius 3 is 1.27 bits per heavy atom. The number of amides is 2. The highest BCUT2D eigenvalue weighted by molar-refractivity contribution is 5.94. The maximum atomic E-state index is 12.6. The van der Waals surface area contributed by atoms with Gasteiger partial charge in [0.15, 0.2) is 0 Å². The quantitative estimate of drug-likeness (QED) is 0.0352. The molecule has 0 aliphatic rings. The molecular weight excluding hydrogens is 664 g/mol. The van der Waals surface area contributed by atoms with E-state index in [4.69, 9.17) is 18.9 Å². The van der Waals surface area contributed by atoms with Crippen molar-refractivity contribution < 1.29 is 38.1 Å². The summed E-state index contributed by atoms with van der Waals surface area (Å²) >= 11 is 0. The molecule has 0 atom stereocenters. The lowest BCUT2D eigenvalue weighted by Gasteiger charge is -2.08. The summed E-state index contributed by atoms with van der Waals surface area (Å²) < 4.78 is 21.3. The molecule has 270 valence electrons. The molecule has 4 rings (SSSR count). The normalized spacial score (nSPS) is 10.9. The van der Waals surface area contributed by atoms with Crippen LogP contribution in [0, 0.1) is 0 Å². The van der Waals surface area contributed by atoms with E-state index in [1.807, 2.05) is 0 Å². The summed E-state index contributed by atoms with van der Waals surface area (Å²) in [6, 6.07) is 27.0. The first-order valence-corrected chi connectivity index (χ1v) is 16.9. The molecular formula is C40H42N4O8. The molecule has 0 spiro atoms. The van der Waals surface area contributed by atoms with Crippen molar-refractivity contribution in [3.63, 3.8) is 0 Å². The molecule has 0 heterocycles. The zero-order valence-electron chi connectivity index (χ0n) is 29.2. The number of para-hydroxylation sites is 2. The van der Waals surface area contributed by atoms with Gasteiger partial charge in [0.1, 0.15) is 23.0 Å². The van der Waals surface area contributed by atoms with Crippen LogP contribution in [0.25, 0.3) is 0 Å². The van der Waals surface area contributed by atoms with Gasteiger partial charge in [0.05, 0.1) is 37.8 Å². The van der Waals surface area contributed by atoms with E-state index >= 15 is 0 Å². The van der Waals surface area contributed by atoms with Gasteiger partial charge < -0.3 is 18.9 Å². The predicted molar refractivity (Wildman–Crippen MR) is 197 cm³/mol. The van der Waals surface area contributed by atoms with Crippen molar-refractivity contribution in [2.75, 3.05) is 14.2 Å². The summed E-state index contributed by atoms with van der Waals surface area (Å²) in [5.74, 6) is 0.443. The fraction of sp³-hybridized carbons (Fsp3) is 0.250. The second-order valence-corrected chi connectivity index (χ2v) is 11.5. The molecule has 0 bridgehead atoms. The zero-order valence-corrected chi connectivity index (χ0v) is 29.2. The number of hydrazone groups is 2. The zero-order chi connectivity index (χ0) is 37.0. The molecule has 4 aromatic rings. The predicted octanol–water partition coefficient (Wildman–Crippen LogP) is 6.86. The Bertz CT molecular complexity index is 1700. The molecule has 12 nitrogen and oxygen atoms in total. The number of nitrogens with one attached hydrogen (secondary N) is 2. The smallest absolute Gasteiger partial charge is 0.343 e. The van der Waals surface area contributed by atoms with E-state index in [0.717, 1.165) is 25.7 Å². The number of carbonyl (C=O) groups is 4. The van der Waals surface area contributed by atoms with Gasteiger partial charge in [-0.15, -0.1) is 0 Å². The third kappa shape index (κ3) is 12.9. The van der Waals surface area contributed by atoms with E-state index in [2.05, 4.69) is 21.1 Å². The van der Waals surface area contributed by atoms with Gasteiger partial charge in [-0.1, -0.05) is 49.9 Å². The molecule has 0 aromatic heterocycles. The molecule has 2 N–H and O–H groups in total. The first kappa shape index (κ1) is 38.5. The van der Waals surface area contributed by atoms with Gasteiger partial charge in [0, 0.05) is 24.0 Å². The molecule has 0 saturated heterocycles. The summed E-state index contributed by atoms with van der Waals surface area (Å²) in [6.07, 6.45) is 8.59. The van der Waals surface area contributed by atoms with Gasteiger partial charge in [0.2, 0.25) is 11.8 Å². The number of nitrogens with zero attached hydrogens (tertiary/aromatic N) is 2. The van der Waals surface area contributed by atoms with Gasteiger partial charge in [0.25, 0.3) is 0 Å². The molecule has 2 amide bonds. The highest BCUT2D eigenvalue weighted by Crippen LogP contribution is 2.20. The first-order valence-electron chi connectivity index (χ1n) is 16.9. The van der Waals surface area contributed by atoms with E-state index in [1.165, 1.54) is 12.4 Å². The van der Waals surface area contributed by atoms with Crippen molar-refractivity contribution in [1.82, 2.24) is 10.9 Å². The summed E-state index contributed by atoms with van der Waals surface area (Å²) in [5.41, 5.74) is 6.88. The minimum Gasteiger partial charge on any atom is -0.497 e. The molecule has 12 heteroatoms. The van der Waals surface area contributed by atoms with Crippen molar-refractivity contribution in [3.8, 4) is 23.0 Å². The first-order chi connectivity index (χ1) is 25.4. The van der Waals surface area contributed by atoms with E-state index < -0.39 is 11.9 Å². The van der Waals surface area contributed by atoms with Crippen LogP contribution in [-0.2, 0) is 9.59 Å². The molecule has 52 heavy (non-hydrogen) atoms. The average molecular weight is 707 g/mol. The van der Waals surface area contributed by atoms with Crippen molar-refractivity contribution in [2.45, 2.75) is 51.4 Å². The highest BCUT2D eigenvalue weighted by atomic mass is 16.5. The van der Waals surface area contributed by atoms with Crippen molar-refractivity contribution >= 4 is 36.2 Å². The van der Waals surface area contributed by atoms with Crippen LogP contribution in [0.1, 0.15) is 83.2 Å². The number of hydrogen-bond acceptors (Lipinski definition) is 10. The number of esters is 2. The van der Waals surface area contributed by atoms with Crippen molar-refractivity contribution in [3.05, 3.63) is 119 Å². The second kappa shape index (κ2) is 21.0. The van der Waals surface area contributed by atoms with Crippen LogP contribution < -0.4 is 29.8 Å². The van der Waals surface area contributed by atoms with Gasteiger partial charge in [-0.05, 0) is 85.6 Å². The Morgan fingerprint density at radius 1 is 0.519 bits per heavy atom. The highest BCUT2D eigenvalue weighted by Gasteiger charge is 2.13. The summed E-state index contributed by atoms with van der Waals surface area (Å²) in [6.45, 7) is 0. The SMILES string of the molecule is COc1ccc(C(=O)Oc2ccccc2C=NNC(=O)CCCCCCCCC(=O)NN=Cc2ccccc2OC(=O)c2ccc(OC)cc2)cc1. The summed E-state index contributed by atoms with van der Waals surface area (Å²) in [4.78, 5) is 49.6. The largest absolute Gasteiger partial charge is 0.497 e. The third-order valence-corrected chi connectivity index (χ3v) is 7.74. The van der Waals surface area contributed by atoms with E-state index in [0.29, 0.717) is 70.9 Å². The average Bonchev–Trinajstić information content (AvgIpc) is 3.17. The van der Waals surface area contributed by atoms with Crippen molar-refractivity contribution in [1.29, 1.82) is 0 Å². The Hall–Kier alpha value is -6.30. The summed E-state index contributed by atoms with van der Waals surface area (Å²) in [5, 5.41) is 8.06. The monoisotopic (exact) mass is 706 g/mol. The number of unbranched alkanes of at least 4 members (excludes halogenated alkanes) is 5. The standard InChI is InChI=1S/C40H42N4O8/c1-49-33-23-19-29(20-24-33)39(47)51-35-15-11-9-13-31(35)27-41-43-37(45)17-7-5-3-4-6-8-18-38(46)44-42-28-32-14-10-12-16-36(32)52-40(48)30-21-25-34(50-2)26-22-30/h9-16,19-28H,3-8,17-18H2,1-2H3,(H,43,45)(H,44,46). The Labute approximate surface area is 302 Å². The fourth-order valence-electron chi connectivity index (χ4n) is 4.87. The number of benzene rings is 4. The Morgan fingerprint density at radius 2 is 0.885 bits per heavy atom. The minimum absolute atomic E-state index is 0.209. The van der Waals surface area contributed by atoms with Crippen LogP contribution in [0.2, 0.25) is 0 Å². The van der Waals surface area contributed by atoms with Crippen LogP contribution in [0.3, 0.4) is 0 Å². The van der Waals surface area contributed by atoms with Gasteiger partial charge in [-0.3, -0.25) is 9.59 Å². The number of rotatable bonds is 19. The van der Waals surface area contributed by atoms with Gasteiger partial charge >= 0.3 is 11.9 Å². The van der Waals surface area contributed by atoms with E-state index in [9.17, 15) is 19.2 Å². The molecule has 0 saturated carbocycles. The maximum absolute atomic E-state index is 12.6. The topological polar surface area (TPSA) is 154 Å². The Balaban J connectivity index is 1.06. The number of methoxy groups -OCH3 is 2. The summed E-state index contributed by atoms with van der Waals surface area (Å²) in [7, 11) is 3.10. The van der Waals surface area contributed by atoms with Gasteiger partial charge in [-0.25, -0.2) is 20.4 Å². The Kier molecular flexibility index (Phi) is 15.6. The molecule has 0 fully saturated rings. The molecule has 0 aliphatic heterocycles. The van der Waals surface area contributed by atoms with Crippen LogP contribution >= 0.6 is 0 Å². The number of ether oxygens (including phenoxy) is 4. The molecule has 0 unspecified atom stereocenters. The lowest BCUT2D eigenvalue weighted by Crippen LogP contribution is -2.17. The fourth-order valence-corrected chi connectivity index (χ4v) is 4.87. The van der Waals surface area contributed by atoms with E-state index in [1.54, 1.807) is 111 Å². The lowest BCUT2D eigenvalue weighted by atomic mass is 10.1. The van der Waals surface area contributed by atoms with Crippen LogP contribution in [0.5, 0.6) is 23.0 Å². The maximum Gasteiger partial charge on any atom is 0.343 e. The third-order valence-electron chi connectivity index (χ3n) is 7.74. The van der Waals surface area contributed by atoms with Crippen molar-refractivity contribution in [2.24, 2.45) is 10.2 Å². The number of carbonyl (C=O) groups excluding carboxylic acids is 4. The molecule has 4 aromatic carbocycles. The van der Waals surface area contributed by atoms with Crippen LogP contribution in [0.15, 0.2) is 107 Å². The number of hydrogen-bond donors (Lipinski definition) is 2. The van der Waals surface area contributed by atoms with Crippen LogP contribution in [-0.4, -0.2) is 50.4 Å². The minimum atomic E-state index is -0.521.